The lowest BCUT2D eigenvalue weighted by Crippen LogP contribution is -2.12. The smallest absolute Gasteiger partial charge is 0.225 e. The first kappa shape index (κ1) is 13.5. The van der Waals surface area contributed by atoms with Gasteiger partial charge >= 0.3 is 0 Å². The molecule has 0 spiro atoms. The van der Waals surface area contributed by atoms with Gasteiger partial charge in [-0.1, -0.05) is 18.2 Å². The van der Waals surface area contributed by atoms with Gasteiger partial charge in [-0.25, -0.2) is 0 Å². The Labute approximate surface area is 117 Å². The highest BCUT2D eigenvalue weighted by molar-refractivity contribution is 7.99. The monoisotopic (exact) mass is 272 g/mol. The molecule has 0 unspecified atom stereocenters. The molecule has 4 heteroatoms. The second-order valence-corrected chi connectivity index (χ2v) is 5.25. The predicted molar refractivity (Wildman–Crippen MR) is 81.3 cm³/mol. The Morgan fingerprint density at radius 1 is 1.05 bits per heavy atom. The zero-order valence-corrected chi connectivity index (χ0v) is 11.3. The van der Waals surface area contributed by atoms with Gasteiger partial charge in [-0.3, -0.25) is 4.79 Å². The van der Waals surface area contributed by atoms with Crippen LogP contribution in [0.2, 0.25) is 0 Å². The molecular weight excluding hydrogens is 256 g/mol. The lowest BCUT2D eigenvalue weighted by molar-refractivity contribution is -0.115. The van der Waals surface area contributed by atoms with Gasteiger partial charge in [0.25, 0.3) is 0 Å². The molecule has 0 radical (unpaired) electrons. The van der Waals surface area contributed by atoms with E-state index in [1.54, 1.807) is 36.0 Å². The fraction of sp³-hybridized carbons (Fsp3) is 0.133. The zero-order valence-electron chi connectivity index (χ0n) is 10.5. The summed E-state index contributed by atoms with van der Waals surface area (Å²) < 4.78 is 0. The van der Waals surface area contributed by atoms with E-state index in [0.717, 1.165) is 11.4 Å². The number of nitrogen functional groups attached to an aromatic ring is 1. The molecule has 0 saturated heterocycles. The van der Waals surface area contributed by atoms with E-state index in [4.69, 9.17) is 5.73 Å². The standard InChI is InChI=1S/C15H16N2OS/c16-12-6-8-13(9-7-12)17-15(18)10-11-19-14-4-2-1-3-5-14/h1-9H,10-11,16H2,(H,17,18). The van der Waals surface area contributed by atoms with Crippen LogP contribution in [0.25, 0.3) is 0 Å². The fourth-order valence-corrected chi connectivity index (χ4v) is 2.44. The van der Waals surface area contributed by atoms with E-state index in [-0.39, 0.29) is 5.91 Å². The van der Waals surface area contributed by atoms with Crippen molar-refractivity contribution < 1.29 is 4.79 Å². The maximum atomic E-state index is 11.7. The number of nitrogens with one attached hydrogen (secondary N) is 1. The van der Waals surface area contributed by atoms with Crippen molar-refractivity contribution in [1.29, 1.82) is 0 Å². The van der Waals surface area contributed by atoms with E-state index in [1.165, 1.54) is 4.90 Å². The van der Waals surface area contributed by atoms with E-state index < -0.39 is 0 Å². The molecule has 2 rings (SSSR count). The number of carbonyl (C=O) groups is 1. The van der Waals surface area contributed by atoms with Crippen LogP contribution in [0, 0.1) is 0 Å². The second kappa shape index (κ2) is 6.85. The van der Waals surface area contributed by atoms with Crippen LogP contribution < -0.4 is 11.1 Å². The summed E-state index contributed by atoms with van der Waals surface area (Å²) in [6, 6.07) is 17.2. The molecular formula is C15H16N2OS. The van der Waals surface area contributed by atoms with Crippen molar-refractivity contribution in [3.05, 3.63) is 54.6 Å². The van der Waals surface area contributed by atoms with Crippen molar-refractivity contribution in [3.8, 4) is 0 Å². The minimum Gasteiger partial charge on any atom is -0.399 e. The minimum atomic E-state index is 0.0215. The van der Waals surface area contributed by atoms with Gasteiger partial charge in [0.2, 0.25) is 5.91 Å². The van der Waals surface area contributed by atoms with Gasteiger partial charge in [0, 0.05) is 28.4 Å². The summed E-state index contributed by atoms with van der Waals surface area (Å²) in [6.07, 6.45) is 0.490. The number of hydrogen-bond donors (Lipinski definition) is 2. The highest BCUT2D eigenvalue weighted by atomic mass is 32.2. The first-order chi connectivity index (χ1) is 9.24. The van der Waals surface area contributed by atoms with Gasteiger partial charge in [0.05, 0.1) is 0 Å². The highest BCUT2D eigenvalue weighted by Crippen LogP contribution is 2.18. The molecule has 3 N–H and O–H groups in total. The Morgan fingerprint density at radius 2 is 1.74 bits per heavy atom. The van der Waals surface area contributed by atoms with Gasteiger partial charge in [0.1, 0.15) is 0 Å². The SMILES string of the molecule is Nc1ccc(NC(=O)CCSc2ccccc2)cc1. The molecule has 0 saturated carbocycles. The third-order valence-electron chi connectivity index (χ3n) is 2.54. The molecule has 0 heterocycles. The molecule has 2 aromatic carbocycles. The third-order valence-corrected chi connectivity index (χ3v) is 3.55. The molecule has 98 valence electrons. The predicted octanol–water partition coefficient (Wildman–Crippen LogP) is 3.39. The van der Waals surface area contributed by atoms with Crippen LogP contribution in [0.4, 0.5) is 11.4 Å². The van der Waals surface area contributed by atoms with Crippen molar-refractivity contribution in [2.45, 2.75) is 11.3 Å². The maximum Gasteiger partial charge on any atom is 0.225 e. The van der Waals surface area contributed by atoms with Crippen LogP contribution in [0.5, 0.6) is 0 Å². The van der Waals surface area contributed by atoms with Crippen molar-refractivity contribution in [2.24, 2.45) is 0 Å². The fourth-order valence-electron chi connectivity index (χ4n) is 1.57. The summed E-state index contributed by atoms with van der Waals surface area (Å²) in [5.74, 6) is 0.790. The maximum absolute atomic E-state index is 11.7. The molecule has 0 aliphatic heterocycles. The number of rotatable bonds is 5. The van der Waals surface area contributed by atoms with Crippen LogP contribution in [-0.2, 0) is 4.79 Å². The largest absolute Gasteiger partial charge is 0.399 e. The quantitative estimate of drug-likeness (QED) is 0.648. The number of anilines is 2. The Kier molecular flexibility index (Phi) is 4.86. The number of carbonyl (C=O) groups excluding carboxylic acids is 1. The summed E-state index contributed by atoms with van der Waals surface area (Å²) in [4.78, 5) is 12.9. The number of hydrogen-bond acceptors (Lipinski definition) is 3. The van der Waals surface area contributed by atoms with Crippen LogP contribution >= 0.6 is 11.8 Å². The summed E-state index contributed by atoms with van der Waals surface area (Å²) in [5, 5.41) is 2.85. The van der Waals surface area contributed by atoms with Crippen molar-refractivity contribution in [3.63, 3.8) is 0 Å². The number of thioether (sulfide) groups is 1. The zero-order chi connectivity index (χ0) is 13.5. The lowest BCUT2D eigenvalue weighted by Gasteiger charge is -2.05. The molecule has 0 fully saturated rings. The summed E-state index contributed by atoms with van der Waals surface area (Å²) in [6.45, 7) is 0. The summed E-state index contributed by atoms with van der Waals surface area (Å²) >= 11 is 1.68. The molecule has 19 heavy (non-hydrogen) atoms. The van der Waals surface area contributed by atoms with Crippen molar-refractivity contribution in [1.82, 2.24) is 0 Å². The Morgan fingerprint density at radius 3 is 2.42 bits per heavy atom. The van der Waals surface area contributed by atoms with E-state index in [2.05, 4.69) is 5.32 Å². The summed E-state index contributed by atoms with van der Waals surface area (Å²) in [7, 11) is 0. The molecule has 3 nitrogen and oxygen atoms in total. The van der Waals surface area contributed by atoms with Crippen LogP contribution in [0.1, 0.15) is 6.42 Å². The Balaban J connectivity index is 1.74. The topological polar surface area (TPSA) is 55.1 Å². The molecule has 0 bridgehead atoms. The average Bonchev–Trinajstić information content (AvgIpc) is 2.43. The normalized spacial score (nSPS) is 10.1. The van der Waals surface area contributed by atoms with Crippen molar-refractivity contribution >= 4 is 29.0 Å². The third kappa shape index (κ3) is 4.67. The number of nitrogens with two attached hydrogens (primary N) is 1. The Bertz CT molecular complexity index is 526. The van der Waals surface area contributed by atoms with Gasteiger partial charge in [0.15, 0.2) is 0 Å². The van der Waals surface area contributed by atoms with Gasteiger partial charge in [-0.05, 0) is 36.4 Å². The lowest BCUT2D eigenvalue weighted by atomic mass is 10.3. The first-order valence-corrected chi connectivity index (χ1v) is 7.06. The van der Waals surface area contributed by atoms with Crippen LogP contribution in [0.15, 0.2) is 59.5 Å². The molecule has 2 aromatic rings. The number of amides is 1. The van der Waals surface area contributed by atoms with Gasteiger partial charge < -0.3 is 11.1 Å². The first-order valence-electron chi connectivity index (χ1n) is 6.07. The van der Waals surface area contributed by atoms with E-state index >= 15 is 0 Å². The van der Waals surface area contributed by atoms with Gasteiger partial charge in [-0.2, -0.15) is 0 Å². The molecule has 1 amide bonds. The molecule has 0 aliphatic rings. The summed E-state index contributed by atoms with van der Waals surface area (Å²) in [5.41, 5.74) is 7.06. The number of benzene rings is 2. The Hall–Kier alpha value is -1.94. The van der Waals surface area contributed by atoms with E-state index in [9.17, 15) is 4.79 Å². The van der Waals surface area contributed by atoms with E-state index in [0.29, 0.717) is 12.1 Å². The molecule has 0 atom stereocenters. The highest BCUT2D eigenvalue weighted by Gasteiger charge is 2.02. The van der Waals surface area contributed by atoms with Gasteiger partial charge in [-0.15, -0.1) is 11.8 Å². The average molecular weight is 272 g/mol. The molecule has 0 aliphatic carbocycles. The minimum absolute atomic E-state index is 0.0215. The van der Waals surface area contributed by atoms with Crippen molar-refractivity contribution in [2.75, 3.05) is 16.8 Å². The van der Waals surface area contributed by atoms with Crippen LogP contribution in [0.3, 0.4) is 0 Å². The van der Waals surface area contributed by atoms with E-state index in [1.807, 2.05) is 30.3 Å². The van der Waals surface area contributed by atoms with Crippen LogP contribution in [-0.4, -0.2) is 11.7 Å². The second-order valence-electron chi connectivity index (χ2n) is 4.08. The molecule has 0 aromatic heterocycles.